The van der Waals surface area contributed by atoms with Crippen molar-refractivity contribution >= 4 is 21.8 Å². The minimum atomic E-state index is 0.587. The zero-order chi connectivity index (χ0) is 27.2. The first-order valence-corrected chi connectivity index (χ1v) is 14.3. The highest BCUT2D eigenvalue weighted by atomic mass is 16.5. The molecule has 0 unspecified atom stereocenters. The van der Waals surface area contributed by atoms with Gasteiger partial charge in [0.1, 0.15) is 24.6 Å². The Balaban J connectivity index is 1.57. The number of benzene rings is 4. The van der Waals surface area contributed by atoms with Crippen LogP contribution in [0.5, 0.6) is 11.5 Å². The number of aromatic nitrogens is 2. The van der Waals surface area contributed by atoms with Crippen molar-refractivity contribution in [3.05, 3.63) is 102 Å². The summed E-state index contributed by atoms with van der Waals surface area (Å²) in [6.45, 7) is 11.9. The Kier molecular flexibility index (Phi) is 8.51. The van der Waals surface area contributed by atoms with Gasteiger partial charge in [-0.05, 0) is 48.4 Å². The van der Waals surface area contributed by atoms with Crippen LogP contribution in [0.15, 0.2) is 91.3 Å². The molecule has 0 aliphatic heterocycles. The molecule has 0 aliphatic carbocycles. The second-order valence-electron chi connectivity index (χ2n) is 11.3. The average molecular weight is 522 g/mol. The van der Waals surface area contributed by atoms with Gasteiger partial charge in [0.25, 0.3) is 0 Å². The molecule has 0 N–H and O–H groups in total. The van der Waals surface area contributed by atoms with Crippen LogP contribution in [0.2, 0.25) is 0 Å². The lowest BCUT2D eigenvalue weighted by molar-refractivity contribution is -0.663. The highest BCUT2D eigenvalue weighted by molar-refractivity contribution is 5.94. The third kappa shape index (κ3) is 6.44. The predicted molar refractivity (Wildman–Crippen MR) is 161 cm³/mol. The molecule has 5 rings (SSSR count). The number of hydrogen-bond donors (Lipinski definition) is 0. The van der Waals surface area contributed by atoms with Gasteiger partial charge in [-0.2, -0.15) is 0 Å². The third-order valence-electron chi connectivity index (χ3n) is 7.24. The zero-order valence-electron chi connectivity index (χ0n) is 23.8. The SMILES string of the molecule is CC(C)CCOc1cc(Cn2c[n+](Cc3ccccc3)c3ccccc32)c(OCCC(C)C)c2ccccc12. The Morgan fingerprint density at radius 3 is 2.10 bits per heavy atom. The molecule has 1 aromatic heterocycles. The lowest BCUT2D eigenvalue weighted by Gasteiger charge is -2.18. The maximum atomic E-state index is 6.57. The van der Waals surface area contributed by atoms with Gasteiger partial charge in [-0.3, -0.25) is 0 Å². The standard InChI is InChI=1S/C35H41N2O2/c1-26(2)18-20-38-34-22-29(35(39-21-19-27(3)4)31-15-9-8-14-30(31)34)24-37-25-36(23-28-12-6-5-7-13-28)32-16-10-11-17-33(32)37/h5-17,22,25-27H,18-21,23-24H2,1-4H3/q+1. The van der Waals surface area contributed by atoms with Crippen LogP contribution in [0.1, 0.15) is 51.7 Å². The highest BCUT2D eigenvalue weighted by Gasteiger charge is 2.21. The fourth-order valence-electron chi connectivity index (χ4n) is 5.04. The predicted octanol–water partition coefficient (Wildman–Crippen LogP) is 8.03. The van der Waals surface area contributed by atoms with Crippen molar-refractivity contribution in [2.75, 3.05) is 13.2 Å². The molecule has 4 aromatic carbocycles. The van der Waals surface area contributed by atoms with Gasteiger partial charge in [0.05, 0.1) is 13.2 Å². The van der Waals surface area contributed by atoms with Gasteiger partial charge in [-0.25, -0.2) is 9.13 Å². The molecule has 5 aromatic rings. The van der Waals surface area contributed by atoms with Gasteiger partial charge in [0.15, 0.2) is 11.0 Å². The molecule has 0 fully saturated rings. The van der Waals surface area contributed by atoms with Gasteiger partial charge in [-0.1, -0.05) is 94.4 Å². The zero-order valence-corrected chi connectivity index (χ0v) is 23.8. The van der Waals surface area contributed by atoms with E-state index < -0.39 is 0 Å². The summed E-state index contributed by atoms with van der Waals surface area (Å²) >= 11 is 0. The number of imidazole rings is 1. The second-order valence-corrected chi connectivity index (χ2v) is 11.3. The van der Waals surface area contributed by atoms with Crippen LogP contribution < -0.4 is 14.0 Å². The summed E-state index contributed by atoms with van der Waals surface area (Å²) in [5, 5.41) is 2.23. The van der Waals surface area contributed by atoms with Crippen molar-refractivity contribution in [3.63, 3.8) is 0 Å². The minimum Gasteiger partial charge on any atom is -0.493 e. The van der Waals surface area contributed by atoms with Gasteiger partial charge < -0.3 is 9.47 Å². The maximum absolute atomic E-state index is 6.57. The summed E-state index contributed by atoms with van der Waals surface area (Å²) in [5.41, 5.74) is 4.86. The van der Waals surface area contributed by atoms with Crippen LogP contribution in [0.3, 0.4) is 0 Å². The van der Waals surface area contributed by atoms with Gasteiger partial charge in [0, 0.05) is 16.3 Å². The topological polar surface area (TPSA) is 27.3 Å². The van der Waals surface area contributed by atoms with Crippen molar-refractivity contribution < 1.29 is 14.0 Å². The van der Waals surface area contributed by atoms with Crippen molar-refractivity contribution in [1.82, 2.24) is 4.57 Å². The Morgan fingerprint density at radius 2 is 1.36 bits per heavy atom. The van der Waals surface area contributed by atoms with Crippen LogP contribution in [-0.4, -0.2) is 17.8 Å². The third-order valence-corrected chi connectivity index (χ3v) is 7.24. The monoisotopic (exact) mass is 521 g/mol. The van der Waals surface area contributed by atoms with Crippen LogP contribution in [-0.2, 0) is 13.1 Å². The number of rotatable bonds is 12. The van der Waals surface area contributed by atoms with Crippen LogP contribution in [0.25, 0.3) is 21.8 Å². The molecule has 202 valence electrons. The van der Waals surface area contributed by atoms with E-state index in [2.05, 4.69) is 128 Å². The molecular formula is C35H41N2O2+. The van der Waals surface area contributed by atoms with E-state index in [1.54, 1.807) is 0 Å². The molecule has 0 amide bonds. The quantitative estimate of drug-likeness (QED) is 0.155. The van der Waals surface area contributed by atoms with Gasteiger partial charge >= 0.3 is 0 Å². The van der Waals surface area contributed by atoms with Crippen LogP contribution in [0.4, 0.5) is 0 Å². The molecule has 39 heavy (non-hydrogen) atoms. The maximum Gasteiger partial charge on any atom is 0.245 e. The smallest absolute Gasteiger partial charge is 0.245 e. The van der Waals surface area contributed by atoms with Crippen LogP contribution in [0, 0.1) is 11.8 Å². The molecule has 0 atom stereocenters. The summed E-state index contributed by atoms with van der Waals surface area (Å²) in [7, 11) is 0. The lowest BCUT2D eigenvalue weighted by atomic mass is 10.0. The van der Waals surface area contributed by atoms with E-state index in [1.807, 2.05) is 0 Å². The molecule has 4 nitrogen and oxygen atoms in total. The van der Waals surface area contributed by atoms with E-state index >= 15 is 0 Å². The Labute approximate surface area is 232 Å². The normalized spacial score (nSPS) is 11.6. The van der Waals surface area contributed by atoms with Crippen LogP contribution >= 0.6 is 0 Å². The molecule has 0 spiro atoms. The van der Waals surface area contributed by atoms with E-state index in [-0.39, 0.29) is 0 Å². The summed E-state index contributed by atoms with van der Waals surface area (Å²) in [5.74, 6) is 3.09. The van der Waals surface area contributed by atoms with E-state index in [4.69, 9.17) is 9.47 Å². The number of para-hydroxylation sites is 2. The molecule has 0 radical (unpaired) electrons. The first-order valence-electron chi connectivity index (χ1n) is 14.3. The molecular weight excluding hydrogens is 480 g/mol. The Hall–Kier alpha value is -3.79. The second kappa shape index (κ2) is 12.4. The number of hydrogen-bond acceptors (Lipinski definition) is 2. The van der Waals surface area contributed by atoms with Crippen molar-refractivity contribution in [3.8, 4) is 11.5 Å². The molecule has 0 saturated carbocycles. The molecule has 0 aliphatic rings. The minimum absolute atomic E-state index is 0.587. The first kappa shape index (κ1) is 26.8. The Bertz CT molecular complexity index is 1520. The Morgan fingerprint density at radius 1 is 0.718 bits per heavy atom. The van der Waals surface area contributed by atoms with Crippen molar-refractivity contribution in [2.24, 2.45) is 11.8 Å². The van der Waals surface area contributed by atoms with Crippen molar-refractivity contribution in [1.29, 1.82) is 0 Å². The fourth-order valence-corrected chi connectivity index (χ4v) is 5.04. The average Bonchev–Trinajstić information content (AvgIpc) is 3.27. The molecule has 0 saturated heterocycles. The number of fused-ring (bicyclic) bond motifs is 2. The fraction of sp³-hybridized carbons (Fsp3) is 0.343. The van der Waals surface area contributed by atoms with E-state index in [0.717, 1.165) is 47.2 Å². The summed E-state index contributed by atoms with van der Waals surface area (Å²) in [4.78, 5) is 0. The van der Waals surface area contributed by atoms with Gasteiger partial charge in [0.2, 0.25) is 6.33 Å². The highest BCUT2D eigenvalue weighted by Crippen LogP contribution is 2.38. The molecule has 1 heterocycles. The number of nitrogens with zero attached hydrogens (tertiary/aromatic N) is 2. The van der Waals surface area contributed by atoms with Gasteiger partial charge in [-0.15, -0.1) is 0 Å². The first-order chi connectivity index (χ1) is 19.0. The van der Waals surface area contributed by atoms with E-state index in [0.29, 0.717) is 31.6 Å². The van der Waals surface area contributed by atoms with E-state index in [1.165, 1.54) is 16.6 Å². The van der Waals surface area contributed by atoms with E-state index in [9.17, 15) is 0 Å². The summed E-state index contributed by atoms with van der Waals surface area (Å²) in [6.07, 6.45) is 4.28. The largest absolute Gasteiger partial charge is 0.493 e. The lowest BCUT2D eigenvalue weighted by Crippen LogP contribution is -2.32. The molecule has 0 bridgehead atoms. The summed E-state index contributed by atoms with van der Waals surface area (Å²) in [6, 6.07) is 30.0. The van der Waals surface area contributed by atoms with Crippen molar-refractivity contribution in [2.45, 2.75) is 53.6 Å². The summed E-state index contributed by atoms with van der Waals surface area (Å²) < 4.78 is 17.7. The number of ether oxygens (including phenoxy) is 2. The molecule has 4 heteroatoms.